The van der Waals surface area contributed by atoms with E-state index in [0.717, 1.165) is 30.1 Å². The number of carbonyl (C=O) groups is 2. The van der Waals surface area contributed by atoms with E-state index in [1.54, 1.807) is 11.8 Å². The number of carbonyl (C=O) groups excluding carboxylic acids is 1. The van der Waals surface area contributed by atoms with Crippen molar-refractivity contribution in [1.29, 1.82) is 0 Å². The molecular formula is C9H15NO3S. The van der Waals surface area contributed by atoms with Crippen molar-refractivity contribution in [3.63, 3.8) is 0 Å². The molecule has 0 radical (unpaired) electrons. The molecule has 80 valence electrons. The van der Waals surface area contributed by atoms with Crippen LogP contribution in [0.1, 0.15) is 13.3 Å². The van der Waals surface area contributed by atoms with Gasteiger partial charge < -0.3 is 10.4 Å². The van der Waals surface area contributed by atoms with Gasteiger partial charge in [0, 0.05) is 24.4 Å². The lowest BCUT2D eigenvalue weighted by atomic mass is 10.4. The molecule has 0 fully saturated rings. The summed E-state index contributed by atoms with van der Waals surface area (Å²) in [5.41, 5.74) is 0. The number of amides is 1. The van der Waals surface area contributed by atoms with Gasteiger partial charge >= 0.3 is 5.97 Å². The molecule has 0 heterocycles. The first-order valence-electron chi connectivity index (χ1n) is 4.43. The van der Waals surface area contributed by atoms with Crippen LogP contribution >= 0.6 is 11.8 Å². The maximum absolute atomic E-state index is 10.9. The Kier molecular flexibility index (Phi) is 8.02. The molecule has 0 aromatic heterocycles. The normalized spacial score (nSPS) is 10.4. The fourth-order valence-electron chi connectivity index (χ4n) is 0.699. The molecule has 0 bridgehead atoms. The summed E-state index contributed by atoms with van der Waals surface area (Å²) in [5, 5.41) is 10.8. The van der Waals surface area contributed by atoms with E-state index < -0.39 is 5.97 Å². The third-order valence-electron chi connectivity index (χ3n) is 1.27. The number of hydrogen-bond acceptors (Lipinski definition) is 3. The highest BCUT2D eigenvalue weighted by atomic mass is 32.2. The van der Waals surface area contributed by atoms with E-state index in [0.29, 0.717) is 6.54 Å². The molecule has 0 spiro atoms. The highest BCUT2D eigenvalue weighted by molar-refractivity contribution is 7.99. The highest BCUT2D eigenvalue weighted by Gasteiger charge is 1.95. The highest BCUT2D eigenvalue weighted by Crippen LogP contribution is 1.99. The molecule has 4 nitrogen and oxygen atoms in total. The van der Waals surface area contributed by atoms with Crippen molar-refractivity contribution in [1.82, 2.24) is 5.32 Å². The summed E-state index contributed by atoms with van der Waals surface area (Å²) in [5.74, 6) is 0.478. The Morgan fingerprint density at radius 3 is 2.64 bits per heavy atom. The maximum Gasteiger partial charge on any atom is 0.328 e. The third-order valence-corrected chi connectivity index (χ3v) is 2.46. The van der Waals surface area contributed by atoms with E-state index in [-0.39, 0.29) is 5.91 Å². The van der Waals surface area contributed by atoms with Gasteiger partial charge in [0.15, 0.2) is 0 Å². The van der Waals surface area contributed by atoms with Gasteiger partial charge in [0.05, 0.1) is 0 Å². The van der Waals surface area contributed by atoms with Gasteiger partial charge in [-0.2, -0.15) is 11.8 Å². The molecule has 0 rings (SSSR count). The van der Waals surface area contributed by atoms with Crippen molar-refractivity contribution in [3.05, 3.63) is 12.2 Å². The Balaban J connectivity index is 3.40. The lowest BCUT2D eigenvalue weighted by Gasteiger charge is -2.00. The number of aliphatic carboxylic acids is 1. The predicted molar refractivity (Wildman–Crippen MR) is 57.4 cm³/mol. The van der Waals surface area contributed by atoms with Crippen LogP contribution in [0.4, 0.5) is 0 Å². The topological polar surface area (TPSA) is 66.4 Å². The second-order valence-electron chi connectivity index (χ2n) is 2.57. The van der Waals surface area contributed by atoms with E-state index >= 15 is 0 Å². The van der Waals surface area contributed by atoms with Gasteiger partial charge in [-0.3, -0.25) is 4.79 Å². The number of carboxylic acid groups (broad SMARTS) is 1. The van der Waals surface area contributed by atoms with Crippen molar-refractivity contribution >= 4 is 23.6 Å². The second kappa shape index (κ2) is 8.62. The quantitative estimate of drug-likeness (QED) is 0.491. The molecule has 0 unspecified atom stereocenters. The summed E-state index contributed by atoms with van der Waals surface area (Å²) < 4.78 is 0. The van der Waals surface area contributed by atoms with E-state index in [1.807, 2.05) is 0 Å². The number of hydrogen-bond donors (Lipinski definition) is 2. The fraction of sp³-hybridized carbons (Fsp3) is 0.556. The number of rotatable bonds is 7. The first-order chi connectivity index (χ1) is 6.66. The van der Waals surface area contributed by atoms with Gasteiger partial charge in [-0.15, -0.1) is 0 Å². The number of nitrogens with one attached hydrogen (secondary N) is 1. The van der Waals surface area contributed by atoms with Crippen molar-refractivity contribution in [2.24, 2.45) is 0 Å². The summed E-state index contributed by atoms with van der Waals surface area (Å²) in [6.07, 6.45) is 2.97. The van der Waals surface area contributed by atoms with Gasteiger partial charge in [0.25, 0.3) is 0 Å². The van der Waals surface area contributed by atoms with Crippen LogP contribution in [0.2, 0.25) is 0 Å². The van der Waals surface area contributed by atoms with Gasteiger partial charge in [0.1, 0.15) is 0 Å². The fourth-order valence-corrected chi connectivity index (χ4v) is 1.44. The Bertz CT molecular complexity index is 216. The van der Waals surface area contributed by atoms with Crippen molar-refractivity contribution in [2.75, 3.05) is 18.1 Å². The molecule has 1 amide bonds. The molecule has 0 aliphatic rings. The van der Waals surface area contributed by atoms with E-state index in [1.165, 1.54) is 0 Å². The molecule has 5 heteroatoms. The number of carboxylic acids is 1. The van der Waals surface area contributed by atoms with Crippen LogP contribution in [-0.4, -0.2) is 35.0 Å². The minimum absolute atomic E-state index is 0.357. The SMILES string of the molecule is CCCSCCNC(=O)C=CC(=O)O. The van der Waals surface area contributed by atoms with Crippen molar-refractivity contribution < 1.29 is 14.7 Å². The van der Waals surface area contributed by atoms with E-state index in [9.17, 15) is 9.59 Å². The summed E-state index contributed by atoms with van der Waals surface area (Å²) in [7, 11) is 0. The molecular weight excluding hydrogens is 202 g/mol. The lowest BCUT2D eigenvalue weighted by molar-refractivity contribution is -0.131. The van der Waals surface area contributed by atoms with Crippen LogP contribution in [0, 0.1) is 0 Å². The van der Waals surface area contributed by atoms with Crippen molar-refractivity contribution in [3.8, 4) is 0 Å². The van der Waals surface area contributed by atoms with E-state index in [4.69, 9.17) is 5.11 Å². The zero-order chi connectivity index (χ0) is 10.8. The summed E-state index contributed by atoms with van der Waals surface area (Å²) >= 11 is 1.76. The maximum atomic E-state index is 10.9. The van der Waals surface area contributed by atoms with Gasteiger partial charge in [-0.25, -0.2) is 4.79 Å². The number of thioether (sulfide) groups is 1. The standard InChI is InChI=1S/C9H15NO3S/c1-2-6-14-7-5-10-8(11)3-4-9(12)13/h3-4H,2,5-7H2,1H3,(H,10,11)(H,12,13). The van der Waals surface area contributed by atoms with Gasteiger partial charge in [-0.1, -0.05) is 6.92 Å². The molecule has 0 aromatic carbocycles. The molecule has 0 atom stereocenters. The summed E-state index contributed by atoms with van der Waals surface area (Å²) in [6.45, 7) is 2.68. The summed E-state index contributed by atoms with van der Waals surface area (Å²) in [4.78, 5) is 21.0. The van der Waals surface area contributed by atoms with Crippen LogP contribution in [0.15, 0.2) is 12.2 Å². The average molecular weight is 217 g/mol. The predicted octanol–water partition coefficient (Wildman–Crippen LogP) is 0.887. The molecule has 14 heavy (non-hydrogen) atoms. The Morgan fingerprint density at radius 2 is 2.07 bits per heavy atom. The molecule has 0 aromatic rings. The minimum Gasteiger partial charge on any atom is -0.478 e. The molecule has 0 saturated heterocycles. The second-order valence-corrected chi connectivity index (χ2v) is 3.80. The third kappa shape index (κ3) is 9.12. The molecule has 0 aliphatic heterocycles. The lowest BCUT2D eigenvalue weighted by Crippen LogP contribution is -2.23. The first kappa shape index (κ1) is 13.0. The van der Waals surface area contributed by atoms with Crippen LogP contribution in [-0.2, 0) is 9.59 Å². The average Bonchev–Trinajstić information content (AvgIpc) is 2.14. The first-order valence-corrected chi connectivity index (χ1v) is 5.59. The Hall–Kier alpha value is -0.970. The summed E-state index contributed by atoms with van der Waals surface area (Å²) in [6, 6.07) is 0. The van der Waals surface area contributed by atoms with Crippen LogP contribution in [0.5, 0.6) is 0 Å². The smallest absolute Gasteiger partial charge is 0.328 e. The van der Waals surface area contributed by atoms with Crippen LogP contribution in [0.3, 0.4) is 0 Å². The van der Waals surface area contributed by atoms with Gasteiger partial charge in [-0.05, 0) is 12.2 Å². The van der Waals surface area contributed by atoms with Gasteiger partial charge in [0.2, 0.25) is 5.91 Å². The Morgan fingerprint density at radius 1 is 1.36 bits per heavy atom. The Labute approximate surface area is 87.8 Å². The molecule has 2 N–H and O–H groups in total. The largest absolute Gasteiger partial charge is 0.478 e. The monoisotopic (exact) mass is 217 g/mol. The van der Waals surface area contributed by atoms with Crippen molar-refractivity contribution in [2.45, 2.75) is 13.3 Å². The van der Waals surface area contributed by atoms with E-state index in [2.05, 4.69) is 12.2 Å². The molecule has 0 aliphatic carbocycles. The van der Waals surface area contributed by atoms with Crippen LogP contribution < -0.4 is 5.32 Å². The zero-order valence-corrected chi connectivity index (χ0v) is 8.97. The van der Waals surface area contributed by atoms with Crippen LogP contribution in [0.25, 0.3) is 0 Å². The molecule has 0 saturated carbocycles. The zero-order valence-electron chi connectivity index (χ0n) is 8.16. The minimum atomic E-state index is -1.11.